The summed E-state index contributed by atoms with van der Waals surface area (Å²) in [5.74, 6) is -1.96. The van der Waals surface area contributed by atoms with Crippen LogP contribution in [0.15, 0.2) is 54.6 Å². The Kier molecular flexibility index (Phi) is 8.04. The molecule has 0 aliphatic heterocycles. The zero-order valence-electron chi connectivity index (χ0n) is 15.6. The fourth-order valence-electron chi connectivity index (χ4n) is 2.46. The predicted octanol–water partition coefficient (Wildman–Crippen LogP) is 4.21. The fraction of sp³-hybridized carbons (Fsp3) is 0.350. The minimum atomic E-state index is -3.52. The van der Waals surface area contributed by atoms with E-state index in [-0.39, 0.29) is 5.56 Å². The largest absolute Gasteiger partial charge is 0.545 e. The maximum absolute atomic E-state index is 13.6. The van der Waals surface area contributed by atoms with E-state index < -0.39 is 19.3 Å². The molecule has 0 aliphatic carbocycles. The van der Waals surface area contributed by atoms with E-state index in [1.54, 1.807) is 12.1 Å². The van der Waals surface area contributed by atoms with E-state index in [9.17, 15) is 14.5 Å². The molecule has 2 aromatic rings. The van der Waals surface area contributed by atoms with Crippen LogP contribution in [-0.2, 0) is 13.6 Å². The third kappa shape index (κ3) is 5.93. The molecule has 2 aromatic carbocycles. The Bertz CT molecular complexity index is 752. The highest BCUT2D eigenvalue weighted by molar-refractivity contribution is 7.54. The molecule has 27 heavy (non-hydrogen) atoms. The molecule has 0 amide bonds. The van der Waals surface area contributed by atoms with E-state index in [4.69, 9.17) is 9.05 Å². The van der Waals surface area contributed by atoms with Crippen LogP contribution < -0.4 is 10.4 Å². The lowest BCUT2D eigenvalue weighted by Gasteiger charge is -2.29. The Labute approximate surface area is 160 Å². The first-order valence-corrected chi connectivity index (χ1v) is 10.6. The van der Waals surface area contributed by atoms with Crippen molar-refractivity contribution in [1.82, 2.24) is 0 Å². The maximum atomic E-state index is 13.6. The molecule has 0 saturated heterocycles. The van der Waals surface area contributed by atoms with Crippen molar-refractivity contribution in [2.45, 2.75) is 32.5 Å². The molecule has 0 aromatic heterocycles. The molecule has 0 aliphatic rings. The zero-order valence-corrected chi connectivity index (χ0v) is 16.5. The van der Waals surface area contributed by atoms with Gasteiger partial charge in [-0.2, -0.15) is 0 Å². The molecule has 0 fully saturated rings. The molecule has 0 saturated carbocycles. The van der Waals surface area contributed by atoms with Gasteiger partial charge in [-0.1, -0.05) is 56.3 Å². The van der Waals surface area contributed by atoms with Crippen LogP contribution in [0, 0.1) is 0 Å². The highest BCUT2D eigenvalue weighted by atomic mass is 31.2. The number of carboxylic acid groups (broad SMARTS) is 1. The van der Waals surface area contributed by atoms with Crippen molar-refractivity contribution in [3.05, 3.63) is 65.7 Å². The van der Waals surface area contributed by atoms with E-state index in [0.29, 0.717) is 31.7 Å². The lowest BCUT2D eigenvalue weighted by Crippen LogP contribution is -2.22. The van der Waals surface area contributed by atoms with Crippen LogP contribution in [0.1, 0.15) is 48.4 Å². The zero-order chi connectivity index (χ0) is 19.7. The summed E-state index contributed by atoms with van der Waals surface area (Å²) >= 11 is 0. The van der Waals surface area contributed by atoms with Crippen molar-refractivity contribution in [3.8, 4) is 0 Å². The molecular weight excluding hydrogens is 365 g/mol. The number of carbonyl (C=O) groups excluding carboxylic acids is 1. The van der Waals surface area contributed by atoms with Crippen molar-refractivity contribution in [2.75, 3.05) is 18.5 Å². The number of hydrogen-bond acceptors (Lipinski definition) is 6. The third-order valence-corrected chi connectivity index (χ3v) is 5.95. The number of hydrogen-bond donors (Lipinski definition) is 1. The molecule has 0 bridgehead atoms. The lowest BCUT2D eigenvalue weighted by atomic mass is 10.2. The lowest BCUT2D eigenvalue weighted by molar-refractivity contribution is -0.255. The van der Waals surface area contributed by atoms with Crippen molar-refractivity contribution in [1.29, 1.82) is 0 Å². The average molecular weight is 390 g/mol. The standard InChI is InChI=1S/C20H26NO5P/c1-3-14-25-27(24,26-15-4-2)19(16-8-6-5-7-9-16)21-18-12-10-17(11-13-18)20(22)23/h5-13,19,21H,3-4,14-15H2,1-2H3,(H,22,23)/p-1/t19-/m0/s1. The van der Waals surface area contributed by atoms with Crippen molar-refractivity contribution in [3.63, 3.8) is 0 Å². The molecular formula is C20H25NO5P-. The Morgan fingerprint density at radius 3 is 2.04 bits per heavy atom. The second kappa shape index (κ2) is 10.3. The minimum absolute atomic E-state index is 0.0736. The van der Waals surface area contributed by atoms with E-state index in [1.807, 2.05) is 44.2 Å². The number of carbonyl (C=O) groups is 1. The molecule has 0 unspecified atom stereocenters. The topological polar surface area (TPSA) is 87.7 Å². The smallest absolute Gasteiger partial charge is 0.357 e. The van der Waals surface area contributed by atoms with Gasteiger partial charge in [0.25, 0.3) is 0 Å². The second-order valence-corrected chi connectivity index (χ2v) is 8.14. The number of aromatic carboxylic acids is 1. The van der Waals surface area contributed by atoms with Crippen LogP contribution in [0.4, 0.5) is 5.69 Å². The van der Waals surface area contributed by atoms with E-state index in [2.05, 4.69) is 5.32 Å². The molecule has 0 spiro atoms. The predicted molar refractivity (Wildman–Crippen MR) is 104 cm³/mol. The van der Waals surface area contributed by atoms with Gasteiger partial charge < -0.3 is 24.3 Å². The number of carboxylic acids is 1. The van der Waals surface area contributed by atoms with Gasteiger partial charge in [0.05, 0.1) is 19.2 Å². The van der Waals surface area contributed by atoms with E-state index in [0.717, 1.165) is 5.56 Å². The summed E-state index contributed by atoms with van der Waals surface area (Å²) in [6.45, 7) is 4.51. The average Bonchev–Trinajstić information content (AvgIpc) is 2.70. The highest BCUT2D eigenvalue weighted by Gasteiger charge is 2.37. The van der Waals surface area contributed by atoms with Gasteiger partial charge in [0.15, 0.2) is 5.78 Å². The minimum Gasteiger partial charge on any atom is -0.545 e. The van der Waals surface area contributed by atoms with Gasteiger partial charge in [0.1, 0.15) is 0 Å². The SMILES string of the molecule is CCCOP(=O)(OCCC)[C@H](Nc1ccc(C(=O)[O-])cc1)c1ccccc1. The first-order valence-electron chi connectivity index (χ1n) is 9.02. The monoisotopic (exact) mass is 390 g/mol. The van der Waals surface area contributed by atoms with Crippen LogP contribution in [-0.4, -0.2) is 19.2 Å². The second-order valence-electron chi connectivity index (χ2n) is 6.03. The summed E-state index contributed by atoms with van der Waals surface area (Å²) in [5.41, 5.74) is 1.44. The van der Waals surface area contributed by atoms with Crippen LogP contribution in [0.2, 0.25) is 0 Å². The molecule has 6 nitrogen and oxygen atoms in total. The van der Waals surface area contributed by atoms with Crippen LogP contribution in [0.5, 0.6) is 0 Å². The Balaban J connectivity index is 2.37. The molecule has 0 heterocycles. The number of nitrogens with one attached hydrogen (secondary N) is 1. The molecule has 0 radical (unpaired) electrons. The molecule has 1 N–H and O–H groups in total. The summed E-state index contributed by atoms with van der Waals surface area (Å²) in [4.78, 5) is 10.9. The van der Waals surface area contributed by atoms with Gasteiger partial charge in [-0.3, -0.25) is 4.57 Å². The fourth-order valence-corrected chi connectivity index (χ4v) is 4.56. The summed E-state index contributed by atoms with van der Waals surface area (Å²) in [6, 6.07) is 15.4. The summed E-state index contributed by atoms with van der Waals surface area (Å²) in [6.07, 6.45) is 1.42. The van der Waals surface area contributed by atoms with Gasteiger partial charge in [0.2, 0.25) is 0 Å². The van der Waals surface area contributed by atoms with Gasteiger partial charge in [-0.25, -0.2) is 0 Å². The van der Waals surface area contributed by atoms with Crippen molar-refractivity contribution < 1.29 is 23.5 Å². The van der Waals surface area contributed by atoms with Crippen LogP contribution >= 0.6 is 7.60 Å². The molecule has 1 atom stereocenters. The normalized spacial score (nSPS) is 12.5. The van der Waals surface area contributed by atoms with Crippen molar-refractivity contribution >= 4 is 19.3 Å². The van der Waals surface area contributed by atoms with E-state index in [1.165, 1.54) is 12.1 Å². The molecule has 146 valence electrons. The molecule has 7 heteroatoms. The van der Waals surface area contributed by atoms with E-state index >= 15 is 0 Å². The Morgan fingerprint density at radius 2 is 1.56 bits per heavy atom. The van der Waals surface area contributed by atoms with Crippen molar-refractivity contribution in [2.24, 2.45) is 0 Å². The maximum Gasteiger partial charge on any atom is 0.357 e. The number of anilines is 1. The number of rotatable bonds is 11. The van der Waals surface area contributed by atoms with Gasteiger partial charge in [-0.05, 0) is 36.1 Å². The Hall–Kier alpha value is -2.14. The third-order valence-electron chi connectivity index (χ3n) is 3.81. The van der Waals surface area contributed by atoms with Gasteiger partial charge in [-0.15, -0.1) is 0 Å². The quantitative estimate of drug-likeness (QED) is 0.579. The molecule has 2 rings (SSSR count). The summed E-state index contributed by atoms with van der Waals surface area (Å²) in [5, 5.41) is 14.1. The van der Waals surface area contributed by atoms with Crippen LogP contribution in [0.3, 0.4) is 0 Å². The summed E-state index contributed by atoms with van der Waals surface area (Å²) in [7, 11) is -3.52. The first kappa shape index (κ1) is 21.2. The van der Waals surface area contributed by atoms with Crippen LogP contribution in [0.25, 0.3) is 0 Å². The van der Waals surface area contributed by atoms with Gasteiger partial charge >= 0.3 is 7.60 Å². The van der Waals surface area contributed by atoms with Gasteiger partial charge in [0, 0.05) is 5.69 Å². The number of benzene rings is 2. The first-order chi connectivity index (χ1) is 13.0. The Morgan fingerprint density at radius 1 is 1.00 bits per heavy atom. The highest BCUT2D eigenvalue weighted by Crippen LogP contribution is 2.61. The summed E-state index contributed by atoms with van der Waals surface area (Å²) < 4.78 is 25.0.